The Morgan fingerprint density at radius 2 is 1.77 bits per heavy atom. The second-order valence-corrected chi connectivity index (χ2v) is 6.31. The number of anilines is 1. The fourth-order valence-electron chi connectivity index (χ4n) is 2.55. The highest BCUT2D eigenvalue weighted by Gasteiger charge is 2.30. The van der Waals surface area contributed by atoms with E-state index in [4.69, 9.17) is 9.47 Å². The molecule has 0 bridgehead atoms. The second-order valence-electron chi connectivity index (χ2n) is 6.31. The number of amides is 1. The molecule has 3 aromatic rings. The van der Waals surface area contributed by atoms with Gasteiger partial charge in [0.2, 0.25) is 5.88 Å². The van der Waals surface area contributed by atoms with Gasteiger partial charge in [-0.05, 0) is 43.3 Å². The molecular weight excluding hydrogens is 399 g/mol. The Morgan fingerprint density at radius 3 is 2.37 bits per heavy atom. The summed E-state index contributed by atoms with van der Waals surface area (Å²) in [4.78, 5) is 12.3. The number of carbonyl (C=O) groups excluding carboxylic acids is 1. The van der Waals surface area contributed by atoms with Crippen molar-refractivity contribution in [3.8, 4) is 22.9 Å². The SMILES string of the molecule is COc1ccc(-c2ccc(NC(=O)C(C)Oc3cccc(C(F)(F)F)c3)cc2)nn1. The predicted molar refractivity (Wildman–Crippen MR) is 104 cm³/mol. The van der Waals surface area contributed by atoms with E-state index < -0.39 is 23.8 Å². The Kier molecular flexibility index (Phi) is 6.20. The molecule has 6 nitrogen and oxygen atoms in total. The molecule has 30 heavy (non-hydrogen) atoms. The van der Waals surface area contributed by atoms with E-state index in [1.165, 1.54) is 26.2 Å². The molecule has 1 N–H and O–H groups in total. The number of carbonyl (C=O) groups is 1. The standard InChI is InChI=1S/C21H18F3N3O3/c1-13(30-17-5-3-4-15(12-17)21(22,23)24)20(28)25-16-8-6-14(7-9-16)18-10-11-19(29-2)27-26-18/h3-13H,1-2H3,(H,25,28). The first-order chi connectivity index (χ1) is 14.3. The van der Waals surface area contributed by atoms with Gasteiger partial charge in [0.1, 0.15) is 5.75 Å². The van der Waals surface area contributed by atoms with E-state index in [1.807, 2.05) is 0 Å². The van der Waals surface area contributed by atoms with Gasteiger partial charge in [-0.1, -0.05) is 18.2 Å². The molecule has 0 radical (unpaired) electrons. The highest BCUT2D eigenvalue weighted by atomic mass is 19.4. The number of rotatable bonds is 6. The van der Waals surface area contributed by atoms with Crippen LogP contribution in [0.5, 0.6) is 11.6 Å². The van der Waals surface area contributed by atoms with E-state index >= 15 is 0 Å². The molecule has 0 saturated carbocycles. The first kappa shape index (κ1) is 21.1. The number of methoxy groups -OCH3 is 1. The van der Waals surface area contributed by atoms with Crippen molar-refractivity contribution in [2.45, 2.75) is 19.2 Å². The largest absolute Gasteiger partial charge is 0.481 e. The van der Waals surface area contributed by atoms with E-state index in [9.17, 15) is 18.0 Å². The summed E-state index contributed by atoms with van der Waals surface area (Å²) < 4.78 is 48.7. The molecule has 156 valence electrons. The summed E-state index contributed by atoms with van der Waals surface area (Å²) in [5.74, 6) is -0.136. The van der Waals surface area contributed by atoms with Crippen molar-refractivity contribution in [3.05, 3.63) is 66.2 Å². The van der Waals surface area contributed by atoms with Crippen molar-refractivity contribution >= 4 is 11.6 Å². The van der Waals surface area contributed by atoms with Crippen LogP contribution in [0.3, 0.4) is 0 Å². The summed E-state index contributed by atoms with van der Waals surface area (Å²) in [6, 6.07) is 14.7. The molecule has 1 amide bonds. The minimum Gasteiger partial charge on any atom is -0.481 e. The number of nitrogens with zero attached hydrogens (tertiary/aromatic N) is 2. The van der Waals surface area contributed by atoms with Crippen LogP contribution in [0.2, 0.25) is 0 Å². The lowest BCUT2D eigenvalue weighted by atomic mass is 10.1. The molecule has 0 aliphatic rings. The van der Waals surface area contributed by atoms with Gasteiger partial charge in [-0.2, -0.15) is 13.2 Å². The number of halogens is 3. The molecule has 0 aliphatic carbocycles. The highest BCUT2D eigenvalue weighted by Crippen LogP contribution is 2.31. The third kappa shape index (κ3) is 5.25. The molecule has 1 aromatic heterocycles. The first-order valence-corrected chi connectivity index (χ1v) is 8.89. The summed E-state index contributed by atoms with van der Waals surface area (Å²) >= 11 is 0. The normalized spacial score (nSPS) is 12.2. The highest BCUT2D eigenvalue weighted by molar-refractivity contribution is 5.94. The van der Waals surface area contributed by atoms with Crippen molar-refractivity contribution in [1.29, 1.82) is 0 Å². The summed E-state index contributed by atoms with van der Waals surface area (Å²) in [6.45, 7) is 1.46. The molecule has 3 rings (SSSR count). The maximum absolute atomic E-state index is 12.8. The molecule has 0 spiro atoms. The quantitative estimate of drug-likeness (QED) is 0.636. The lowest BCUT2D eigenvalue weighted by Gasteiger charge is -2.16. The summed E-state index contributed by atoms with van der Waals surface area (Å²) in [5.41, 5.74) is 1.08. The third-order valence-corrected chi connectivity index (χ3v) is 4.14. The Labute approximate surface area is 170 Å². The van der Waals surface area contributed by atoms with E-state index in [2.05, 4.69) is 15.5 Å². The van der Waals surface area contributed by atoms with Crippen molar-refractivity contribution in [3.63, 3.8) is 0 Å². The molecule has 1 heterocycles. The average Bonchev–Trinajstić information content (AvgIpc) is 2.74. The fourth-order valence-corrected chi connectivity index (χ4v) is 2.55. The zero-order chi connectivity index (χ0) is 21.7. The number of alkyl halides is 3. The molecule has 9 heteroatoms. The van der Waals surface area contributed by atoms with Crippen LogP contribution >= 0.6 is 0 Å². The van der Waals surface area contributed by atoms with Crippen LogP contribution in [0.4, 0.5) is 18.9 Å². The summed E-state index contributed by atoms with van der Waals surface area (Å²) in [6.07, 6.45) is -5.48. The Balaban J connectivity index is 1.62. The monoisotopic (exact) mass is 417 g/mol. The Morgan fingerprint density at radius 1 is 1.03 bits per heavy atom. The van der Waals surface area contributed by atoms with E-state index in [0.717, 1.165) is 17.7 Å². The van der Waals surface area contributed by atoms with Gasteiger partial charge in [0.25, 0.3) is 5.91 Å². The van der Waals surface area contributed by atoms with Crippen molar-refractivity contribution in [2.24, 2.45) is 0 Å². The molecule has 2 aromatic carbocycles. The number of hydrogen-bond acceptors (Lipinski definition) is 5. The smallest absolute Gasteiger partial charge is 0.416 e. The number of hydrogen-bond donors (Lipinski definition) is 1. The second kappa shape index (κ2) is 8.81. The zero-order valence-electron chi connectivity index (χ0n) is 16.1. The third-order valence-electron chi connectivity index (χ3n) is 4.14. The summed E-state index contributed by atoms with van der Waals surface area (Å²) in [5, 5.41) is 10.6. The summed E-state index contributed by atoms with van der Waals surface area (Å²) in [7, 11) is 1.50. The lowest BCUT2D eigenvalue weighted by Crippen LogP contribution is -2.30. The maximum Gasteiger partial charge on any atom is 0.416 e. The van der Waals surface area contributed by atoms with Gasteiger partial charge in [0, 0.05) is 17.3 Å². The van der Waals surface area contributed by atoms with Crippen LogP contribution in [0.1, 0.15) is 12.5 Å². The van der Waals surface area contributed by atoms with Crippen LogP contribution in [0.15, 0.2) is 60.7 Å². The van der Waals surface area contributed by atoms with Crippen molar-refractivity contribution in [2.75, 3.05) is 12.4 Å². The van der Waals surface area contributed by atoms with Crippen molar-refractivity contribution < 1.29 is 27.4 Å². The van der Waals surface area contributed by atoms with E-state index in [1.54, 1.807) is 36.4 Å². The van der Waals surface area contributed by atoms with Gasteiger partial charge in [-0.3, -0.25) is 4.79 Å². The molecule has 1 atom stereocenters. The maximum atomic E-state index is 12.8. The van der Waals surface area contributed by atoms with E-state index in [0.29, 0.717) is 17.3 Å². The number of nitrogens with one attached hydrogen (secondary N) is 1. The predicted octanol–water partition coefficient (Wildman–Crippen LogP) is 4.58. The fraction of sp³-hybridized carbons (Fsp3) is 0.190. The molecule has 1 unspecified atom stereocenters. The molecule has 0 saturated heterocycles. The van der Waals surface area contributed by atoms with E-state index in [-0.39, 0.29) is 5.75 Å². The first-order valence-electron chi connectivity index (χ1n) is 8.89. The molecule has 0 fully saturated rings. The van der Waals surface area contributed by atoms with Gasteiger partial charge in [0.05, 0.1) is 18.4 Å². The van der Waals surface area contributed by atoms with Crippen LogP contribution in [0.25, 0.3) is 11.3 Å². The van der Waals surface area contributed by atoms with Crippen molar-refractivity contribution in [1.82, 2.24) is 10.2 Å². The average molecular weight is 417 g/mol. The Hall–Kier alpha value is -3.62. The minimum absolute atomic E-state index is 0.0408. The Bertz CT molecular complexity index is 1010. The zero-order valence-corrected chi connectivity index (χ0v) is 16.1. The molecule has 0 aliphatic heterocycles. The minimum atomic E-state index is -4.49. The topological polar surface area (TPSA) is 73.3 Å². The molecular formula is C21H18F3N3O3. The van der Waals surface area contributed by atoms with Gasteiger partial charge in [-0.15, -0.1) is 10.2 Å². The number of benzene rings is 2. The van der Waals surface area contributed by atoms with Gasteiger partial charge in [0.15, 0.2) is 6.10 Å². The van der Waals surface area contributed by atoms with Crippen LogP contribution in [0, 0.1) is 0 Å². The van der Waals surface area contributed by atoms with Gasteiger partial charge >= 0.3 is 6.18 Å². The van der Waals surface area contributed by atoms with Crippen LogP contribution < -0.4 is 14.8 Å². The lowest BCUT2D eigenvalue weighted by molar-refractivity contribution is -0.137. The van der Waals surface area contributed by atoms with Gasteiger partial charge < -0.3 is 14.8 Å². The number of aromatic nitrogens is 2. The van der Waals surface area contributed by atoms with Crippen LogP contribution in [-0.4, -0.2) is 29.3 Å². The van der Waals surface area contributed by atoms with Crippen LogP contribution in [-0.2, 0) is 11.0 Å². The van der Waals surface area contributed by atoms with Gasteiger partial charge in [-0.25, -0.2) is 0 Å². The number of ether oxygens (including phenoxy) is 2.